The number of aliphatic hydroxyl groups is 1. The van der Waals surface area contributed by atoms with Crippen molar-refractivity contribution in [1.29, 1.82) is 0 Å². The van der Waals surface area contributed by atoms with Crippen molar-refractivity contribution < 1.29 is 19.4 Å². The lowest BCUT2D eigenvalue weighted by Gasteiger charge is -2.26. The van der Waals surface area contributed by atoms with Crippen molar-refractivity contribution in [3.05, 3.63) is 101 Å². The van der Waals surface area contributed by atoms with E-state index in [0.29, 0.717) is 29.2 Å². The van der Waals surface area contributed by atoms with Crippen LogP contribution in [-0.4, -0.2) is 23.4 Å². The molecule has 0 aromatic heterocycles. The Kier molecular flexibility index (Phi) is 5.58. The van der Waals surface area contributed by atoms with Gasteiger partial charge in [0, 0.05) is 11.3 Å². The Bertz CT molecular complexity index is 1170. The van der Waals surface area contributed by atoms with E-state index in [-0.39, 0.29) is 11.3 Å². The first-order valence-electron chi connectivity index (χ1n) is 10.2. The van der Waals surface area contributed by atoms with Gasteiger partial charge in [-0.3, -0.25) is 14.5 Å². The first kappa shape index (κ1) is 20.4. The summed E-state index contributed by atoms with van der Waals surface area (Å²) in [6.07, 6.45) is 0. The highest BCUT2D eigenvalue weighted by Crippen LogP contribution is 2.42. The van der Waals surface area contributed by atoms with Gasteiger partial charge in [0.15, 0.2) is 0 Å². The van der Waals surface area contributed by atoms with Gasteiger partial charge in [-0.2, -0.15) is 0 Å². The van der Waals surface area contributed by atoms with Crippen molar-refractivity contribution in [3.8, 4) is 5.75 Å². The van der Waals surface area contributed by atoms with Crippen LogP contribution in [0.4, 0.5) is 5.69 Å². The number of hydrogen-bond acceptors (Lipinski definition) is 4. The second-order valence-corrected chi connectivity index (χ2v) is 7.38. The molecule has 1 saturated heterocycles. The summed E-state index contributed by atoms with van der Waals surface area (Å²) in [4.78, 5) is 27.8. The van der Waals surface area contributed by atoms with E-state index >= 15 is 0 Å². The maximum absolute atomic E-state index is 13.2. The Morgan fingerprint density at radius 1 is 0.968 bits per heavy atom. The molecular weight excluding hydrogens is 390 g/mol. The second kappa shape index (κ2) is 8.48. The number of hydrogen-bond donors (Lipinski definition) is 1. The maximum Gasteiger partial charge on any atom is 0.300 e. The third-order valence-electron chi connectivity index (χ3n) is 5.26. The largest absolute Gasteiger partial charge is 0.507 e. The molecule has 0 radical (unpaired) electrons. The first-order chi connectivity index (χ1) is 15.0. The predicted molar refractivity (Wildman–Crippen MR) is 120 cm³/mol. The van der Waals surface area contributed by atoms with Crippen LogP contribution in [0, 0.1) is 6.92 Å². The number of rotatable bonds is 5. The van der Waals surface area contributed by atoms with E-state index in [1.54, 1.807) is 36.4 Å². The number of anilines is 1. The van der Waals surface area contributed by atoms with Crippen LogP contribution in [0.2, 0.25) is 0 Å². The van der Waals surface area contributed by atoms with Crippen LogP contribution in [0.3, 0.4) is 0 Å². The minimum Gasteiger partial charge on any atom is -0.507 e. The molecular formula is C26H23NO4. The Hall–Kier alpha value is -3.86. The molecule has 1 atom stereocenters. The van der Waals surface area contributed by atoms with Crippen LogP contribution in [0.1, 0.15) is 29.7 Å². The fourth-order valence-corrected chi connectivity index (χ4v) is 3.88. The van der Waals surface area contributed by atoms with Gasteiger partial charge in [-0.05, 0) is 49.2 Å². The number of ether oxygens (including phenoxy) is 1. The number of aliphatic hydroxyl groups excluding tert-OH is 1. The minimum atomic E-state index is -0.776. The van der Waals surface area contributed by atoms with Gasteiger partial charge in [-0.25, -0.2) is 0 Å². The van der Waals surface area contributed by atoms with Gasteiger partial charge in [0.25, 0.3) is 11.7 Å². The molecule has 1 unspecified atom stereocenters. The molecule has 0 spiro atoms. The van der Waals surface area contributed by atoms with E-state index in [4.69, 9.17) is 4.74 Å². The topological polar surface area (TPSA) is 66.8 Å². The number of aryl methyl sites for hydroxylation is 1. The molecule has 0 bridgehead atoms. The zero-order valence-electron chi connectivity index (χ0n) is 17.4. The molecule has 3 aromatic rings. The monoisotopic (exact) mass is 413 g/mol. The van der Waals surface area contributed by atoms with E-state index in [1.807, 2.05) is 56.3 Å². The third-order valence-corrected chi connectivity index (χ3v) is 5.26. The quantitative estimate of drug-likeness (QED) is 0.362. The zero-order chi connectivity index (χ0) is 22.0. The average molecular weight is 413 g/mol. The molecule has 5 nitrogen and oxygen atoms in total. The molecule has 1 heterocycles. The molecule has 4 rings (SSSR count). The van der Waals surface area contributed by atoms with Crippen molar-refractivity contribution in [2.24, 2.45) is 0 Å². The highest BCUT2D eigenvalue weighted by atomic mass is 16.5. The summed E-state index contributed by atoms with van der Waals surface area (Å²) in [5.41, 5.74) is 2.79. The van der Waals surface area contributed by atoms with E-state index in [1.165, 1.54) is 4.90 Å². The number of amides is 1. The van der Waals surface area contributed by atoms with Crippen molar-refractivity contribution in [3.63, 3.8) is 0 Å². The Morgan fingerprint density at radius 3 is 2.42 bits per heavy atom. The van der Waals surface area contributed by atoms with Gasteiger partial charge in [0.2, 0.25) is 0 Å². The van der Waals surface area contributed by atoms with Gasteiger partial charge in [-0.15, -0.1) is 0 Å². The van der Waals surface area contributed by atoms with Gasteiger partial charge in [-0.1, -0.05) is 54.6 Å². The zero-order valence-corrected chi connectivity index (χ0v) is 17.4. The van der Waals surface area contributed by atoms with E-state index in [9.17, 15) is 14.7 Å². The summed E-state index contributed by atoms with van der Waals surface area (Å²) in [7, 11) is 0. The van der Waals surface area contributed by atoms with E-state index in [2.05, 4.69) is 0 Å². The fraction of sp³-hybridized carbons (Fsp3) is 0.154. The highest BCUT2D eigenvalue weighted by Gasteiger charge is 2.47. The Balaban J connectivity index is 1.95. The van der Waals surface area contributed by atoms with Crippen molar-refractivity contribution in [2.45, 2.75) is 19.9 Å². The molecule has 1 amide bonds. The normalized spacial score (nSPS) is 17.7. The lowest BCUT2D eigenvalue weighted by atomic mass is 9.95. The molecule has 1 aliphatic rings. The van der Waals surface area contributed by atoms with Crippen molar-refractivity contribution in [1.82, 2.24) is 0 Å². The summed E-state index contributed by atoms with van der Waals surface area (Å²) < 4.78 is 5.63. The van der Waals surface area contributed by atoms with Crippen LogP contribution in [-0.2, 0) is 9.59 Å². The van der Waals surface area contributed by atoms with E-state index in [0.717, 1.165) is 5.56 Å². The summed E-state index contributed by atoms with van der Waals surface area (Å²) >= 11 is 0. The summed E-state index contributed by atoms with van der Waals surface area (Å²) in [5.74, 6) is -0.944. The SMILES string of the molecule is CCOc1cccc(C2/C(=C(\O)c3ccccc3)C(=O)C(=O)N2c2cccc(C)c2)c1. The highest BCUT2D eigenvalue weighted by molar-refractivity contribution is 6.51. The Labute approximate surface area is 181 Å². The third kappa shape index (κ3) is 3.82. The van der Waals surface area contributed by atoms with Crippen molar-refractivity contribution in [2.75, 3.05) is 11.5 Å². The number of ketones is 1. The average Bonchev–Trinajstić information content (AvgIpc) is 3.05. The maximum atomic E-state index is 13.2. The minimum absolute atomic E-state index is 0.0614. The Morgan fingerprint density at radius 2 is 1.71 bits per heavy atom. The smallest absolute Gasteiger partial charge is 0.300 e. The fourth-order valence-electron chi connectivity index (χ4n) is 3.88. The van der Waals surface area contributed by atoms with Crippen LogP contribution >= 0.6 is 0 Å². The molecule has 0 saturated carbocycles. The molecule has 1 fully saturated rings. The molecule has 156 valence electrons. The van der Waals surface area contributed by atoms with Gasteiger partial charge < -0.3 is 9.84 Å². The summed E-state index contributed by atoms with van der Waals surface area (Å²) in [5, 5.41) is 11.1. The lowest BCUT2D eigenvalue weighted by Crippen LogP contribution is -2.29. The lowest BCUT2D eigenvalue weighted by molar-refractivity contribution is -0.132. The predicted octanol–water partition coefficient (Wildman–Crippen LogP) is 5.02. The summed E-state index contributed by atoms with van der Waals surface area (Å²) in [6, 6.07) is 22.7. The first-order valence-corrected chi connectivity index (χ1v) is 10.2. The van der Waals surface area contributed by atoms with Crippen LogP contribution in [0.5, 0.6) is 5.75 Å². The number of carbonyl (C=O) groups excluding carboxylic acids is 2. The van der Waals surface area contributed by atoms with Crippen LogP contribution in [0.15, 0.2) is 84.4 Å². The number of carbonyl (C=O) groups is 2. The molecule has 1 N–H and O–H groups in total. The van der Waals surface area contributed by atoms with Crippen LogP contribution < -0.4 is 9.64 Å². The standard InChI is InChI=1S/C26H23NO4/c1-3-31-21-14-8-12-19(16-21)23-22(24(28)18-10-5-4-6-11-18)25(29)26(30)27(23)20-13-7-9-17(2)15-20/h4-16,23,28H,3H2,1-2H3/b24-22+. The van der Waals surface area contributed by atoms with Gasteiger partial charge in [0.1, 0.15) is 11.5 Å². The van der Waals surface area contributed by atoms with Gasteiger partial charge in [0.05, 0.1) is 18.2 Å². The molecule has 1 aliphatic heterocycles. The van der Waals surface area contributed by atoms with E-state index < -0.39 is 17.7 Å². The van der Waals surface area contributed by atoms with Crippen molar-refractivity contribution >= 4 is 23.1 Å². The number of benzene rings is 3. The molecule has 5 heteroatoms. The molecule has 3 aromatic carbocycles. The molecule has 31 heavy (non-hydrogen) atoms. The molecule has 0 aliphatic carbocycles. The van der Waals surface area contributed by atoms with Gasteiger partial charge >= 0.3 is 0 Å². The number of Topliss-reactive ketones (excluding diaryl/α,β-unsaturated/α-hetero) is 1. The van der Waals surface area contributed by atoms with Crippen LogP contribution in [0.25, 0.3) is 5.76 Å². The summed E-state index contributed by atoms with van der Waals surface area (Å²) in [6.45, 7) is 4.31. The number of nitrogens with zero attached hydrogens (tertiary/aromatic N) is 1. The second-order valence-electron chi connectivity index (χ2n) is 7.38.